The normalized spacial score (nSPS) is 15.6. The number of nitrogens with two attached hydrogens (primary N) is 1. The second-order valence-electron chi connectivity index (χ2n) is 4.28. The summed E-state index contributed by atoms with van der Waals surface area (Å²) in [4.78, 5) is 20.4. The maximum absolute atomic E-state index is 11.9. The first-order valence-electron chi connectivity index (χ1n) is 5.91. The second kappa shape index (κ2) is 8.37. The minimum absolute atomic E-state index is 0. The zero-order valence-corrected chi connectivity index (χ0v) is 12.6. The number of piperazine rings is 1. The Morgan fingerprint density at radius 3 is 2.47 bits per heavy atom. The van der Waals surface area contributed by atoms with Gasteiger partial charge in [-0.3, -0.25) is 9.69 Å². The molecule has 0 spiro atoms. The predicted molar refractivity (Wildman–Crippen MR) is 81.7 cm³/mol. The SMILES string of the molecule is Cl.Cl.Cn1ccnc(N2CCN(CCN)CC2)c1=O. The van der Waals surface area contributed by atoms with Crippen molar-refractivity contribution in [1.29, 1.82) is 0 Å². The van der Waals surface area contributed by atoms with Crippen LogP contribution in [0.5, 0.6) is 0 Å². The molecule has 1 aromatic heterocycles. The second-order valence-corrected chi connectivity index (χ2v) is 4.28. The summed E-state index contributed by atoms with van der Waals surface area (Å²) in [6.45, 7) is 5.17. The summed E-state index contributed by atoms with van der Waals surface area (Å²) in [5.74, 6) is 0.558. The van der Waals surface area contributed by atoms with E-state index in [-0.39, 0.29) is 30.4 Å². The summed E-state index contributed by atoms with van der Waals surface area (Å²) in [6, 6.07) is 0. The largest absolute Gasteiger partial charge is 0.349 e. The number of anilines is 1. The van der Waals surface area contributed by atoms with Crippen molar-refractivity contribution in [1.82, 2.24) is 14.5 Å². The van der Waals surface area contributed by atoms with E-state index >= 15 is 0 Å². The van der Waals surface area contributed by atoms with Crippen molar-refractivity contribution in [2.75, 3.05) is 44.2 Å². The van der Waals surface area contributed by atoms with Crippen LogP contribution in [0.2, 0.25) is 0 Å². The molecule has 1 aliphatic heterocycles. The Kier molecular flexibility index (Phi) is 8.01. The van der Waals surface area contributed by atoms with Crippen molar-refractivity contribution in [3.63, 3.8) is 0 Å². The van der Waals surface area contributed by atoms with Crippen molar-refractivity contribution in [2.24, 2.45) is 12.8 Å². The van der Waals surface area contributed by atoms with Crippen LogP contribution >= 0.6 is 24.8 Å². The minimum Gasteiger partial charge on any atom is -0.349 e. The summed E-state index contributed by atoms with van der Waals surface area (Å²) in [5, 5.41) is 0. The molecule has 2 rings (SSSR count). The average molecular weight is 310 g/mol. The number of aryl methyl sites for hydroxylation is 1. The lowest BCUT2D eigenvalue weighted by Gasteiger charge is -2.34. The first-order valence-corrected chi connectivity index (χ1v) is 5.91. The highest BCUT2D eigenvalue weighted by atomic mass is 35.5. The Labute approximate surface area is 125 Å². The molecule has 1 fully saturated rings. The summed E-state index contributed by atoms with van der Waals surface area (Å²) in [5.41, 5.74) is 5.50. The molecule has 0 aliphatic carbocycles. The summed E-state index contributed by atoms with van der Waals surface area (Å²) < 4.78 is 1.56. The molecule has 19 heavy (non-hydrogen) atoms. The van der Waals surface area contributed by atoms with Crippen LogP contribution in [-0.2, 0) is 7.05 Å². The molecule has 8 heteroatoms. The number of rotatable bonds is 3. The third-order valence-electron chi connectivity index (χ3n) is 3.12. The van der Waals surface area contributed by atoms with Crippen LogP contribution in [0.4, 0.5) is 5.82 Å². The van der Waals surface area contributed by atoms with Crippen molar-refractivity contribution < 1.29 is 0 Å². The Balaban J connectivity index is 0.00000162. The zero-order chi connectivity index (χ0) is 12.3. The summed E-state index contributed by atoms with van der Waals surface area (Å²) >= 11 is 0. The summed E-state index contributed by atoms with van der Waals surface area (Å²) in [7, 11) is 1.75. The highest BCUT2D eigenvalue weighted by Crippen LogP contribution is 2.07. The smallest absolute Gasteiger partial charge is 0.293 e. The molecule has 0 atom stereocenters. The van der Waals surface area contributed by atoms with Gasteiger partial charge in [-0.15, -0.1) is 24.8 Å². The third kappa shape index (κ3) is 4.35. The van der Waals surface area contributed by atoms with Gasteiger partial charge in [-0.05, 0) is 0 Å². The van der Waals surface area contributed by atoms with Gasteiger partial charge in [-0.1, -0.05) is 0 Å². The van der Waals surface area contributed by atoms with Crippen molar-refractivity contribution in [3.05, 3.63) is 22.7 Å². The van der Waals surface area contributed by atoms with Crippen molar-refractivity contribution in [3.8, 4) is 0 Å². The molecule has 1 aromatic rings. The minimum atomic E-state index is -0.0280. The maximum atomic E-state index is 11.9. The van der Waals surface area contributed by atoms with E-state index in [4.69, 9.17) is 5.73 Å². The molecule has 2 heterocycles. The first kappa shape index (κ1) is 18.2. The monoisotopic (exact) mass is 309 g/mol. The van der Waals surface area contributed by atoms with Crippen LogP contribution in [0.15, 0.2) is 17.2 Å². The highest BCUT2D eigenvalue weighted by Gasteiger charge is 2.19. The van der Waals surface area contributed by atoms with Gasteiger partial charge < -0.3 is 15.2 Å². The molecule has 2 N–H and O–H groups in total. The fourth-order valence-electron chi connectivity index (χ4n) is 2.07. The first-order chi connectivity index (χ1) is 8.22. The molecule has 1 saturated heterocycles. The molecule has 0 unspecified atom stereocenters. The van der Waals surface area contributed by atoms with Crippen LogP contribution in [0, 0.1) is 0 Å². The number of hydrogen-bond acceptors (Lipinski definition) is 5. The molecule has 110 valence electrons. The Morgan fingerprint density at radius 1 is 1.26 bits per heavy atom. The number of hydrogen-bond donors (Lipinski definition) is 1. The molecular weight excluding hydrogens is 289 g/mol. The molecule has 0 bridgehead atoms. The number of halogens is 2. The molecule has 6 nitrogen and oxygen atoms in total. The van der Waals surface area contributed by atoms with E-state index in [1.54, 1.807) is 24.0 Å². The average Bonchev–Trinajstić information content (AvgIpc) is 2.34. The van der Waals surface area contributed by atoms with Gasteiger partial charge in [0.1, 0.15) is 0 Å². The maximum Gasteiger partial charge on any atom is 0.293 e. The van der Waals surface area contributed by atoms with Gasteiger partial charge in [-0.2, -0.15) is 0 Å². The standard InChI is InChI=1S/C11H19N5O.2ClH/c1-14-5-3-13-10(11(14)17)16-8-6-15(4-2-12)7-9-16;;/h3,5H,2,4,6-9,12H2,1H3;2*1H. The molecule has 0 amide bonds. The fourth-order valence-corrected chi connectivity index (χ4v) is 2.07. The molecule has 0 saturated carbocycles. The van der Waals surface area contributed by atoms with Gasteiger partial charge >= 0.3 is 0 Å². The van der Waals surface area contributed by atoms with E-state index in [2.05, 4.69) is 14.8 Å². The van der Waals surface area contributed by atoms with Crippen LogP contribution in [0.3, 0.4) is 0 Å². The van der Waals surface area contributed by atoms with E-state index in [0.29, 0.717) is 12.4 Å². The lowest BCUT2D eigenvalue weighted by molar-refractivity contribution is 0.264. The number of nitrogens with zero attached hydrogens (tertiary/aromatic N) is 4. The van der Waals surface area contributed by atoms with E-state index in [1.165, 1.54) is 0 Å². The zero-order valence-electron chi connectivity index (χ0n) is 11.0. The van der Waals surface area contributed by atoms with Crippen molar-refractivity contribution in [2.45, 2.75) is 0 Å². The molecule has 0 radical (unpaired) electrons. The van der Waals surface area contributed by atoms with E-state index < -0.39 is 0 Å². The fraction of sp³-hybridized carbons (Fsp3) is 0.636. The van der Waals surface area contributed by atoms with E-state index in [1.807, 2.05) is 0 Å². The van der Waals surface area contributed by atoms with Crippen LogP contribution in [0.25, 0.3) is 0 Å². The highest BCUT2D eigenvalue weighted by molar-refractivity contribution is 5.85. The predicted octanol–water partition coefficient (Wildman–Crippen LogP) is -0.295. The topological polar surface area (TPSA) is 67.4 Å². The van der Waals surface area contributed by atoms with Gasteiger partial charge in [0, 0.05) is 58.7 Å². The number of aromatic nitrogens is 2. The van der Waals surface area contributed by atoms with Gasteiger partial charge in [0.05, 0.1) is 0 Å². The van der Waals surface area contributed by atoms with Crippen LogP contribution < -0.4 is 16.2 Å². The Morgan fingerprint density at radius 2 is 1.89 bits per heavy atom. The van der Waals surface area contributed by atoms with Crippen LogP contribution in [0.1, 0.15) is 0 Å². The van der Waals surface area contributed by atoms with Gasteiger partial charge in [0.2, 0.25) is 0 Å². The Hall–Kier alpha value is -0.820. The van der Waals surface area contributed by atoms with Gasteiger partial charge in [0.15, 0.2) is 5.82 Å². The molecule has 0 aromatic carbocycles. The quantitative estimate of drug-likeness (QED) is 0.831. The van der Waals surface area contributed by atoms with Gasteiger partial charge in [0.25, 0.3) is 5.56 Å². The Bertz CT molecular complexity index is 431. The molecule has 1 aliphatic rings. The molecular formula is C11H21Cl2N5O. The van der Waals surface area contributed by atoms with Crippen LogP contribution in [-0.4, -0.2) is 53.7 Å². The lowest BCUT2D eigenvalue weighted by atomic mass is 10.3. The third-order valence-corrected chi connectivity index (χ3v) is 3.12. The van der Waals surface area contributed by atoms with E-state index in [0.717, 1.165) is 32.7 Å². The van der Waals surface area contributed by atoms with Crippen molar-refractivity contribution >= 4 is 30.6 Å². The van der Waals surface area contributed by atoms with E-state index in [9.17, 15) is 4.79 Å². The van der Waals surface area contributed by atoms with Gasteiger partial charge in [-0.25, -0.2) is 4.98 Å². The summed E-state index contributed by atoms with van der Waals surface area (Å²) in [6.07, 6.45) is 3.35. The lowest BCUT2D eigenvalue weighted by Crippen LogP contribution is -2.49.